The minimum atomic E-state index is -0.901. The third-order valence-electron chi connectivity index (χ3n) is 2.56. The smallest absolute Gasteiger partial charge is 0.315 e. The molecule has 0 heterocycles. The first-order chi connectivity index (χ1) is 6.59. The van der Waals surface area contributed by atoms with Gasteiger partial charge in [-0.05, 0) is 18.8 Å². The van der Waals surface area contributed by atoms with Crippen molar-refractivity contribution in [3.05, 3.63) is 0 Å². The Morgan fingerprint density at radius 3 is 2.57 bits per heavy atom. The van der Waals surface area contributed by atoms with Crippen molar-refractivity contribution >= 4 is 12.0 Å². The lowest BCUT2D eigenvalue weighted by atomic mass is 9.81. The van der Waals surface area contributed by atoms with E-state index in [1.165, 1.54) is 0 Å². The van der Waals surface area contributed by atoms with Gasteiger partial charge in [0.15, 0.2) is 0 Å². The van der Waals surface area contributed by atoms with E-state index >= 15 is 0 Å². The van der Waals surface area contributed by atoms with Crippen molar-refractivity contribution in [3.8, 4) is 0 Å². The second kappa shape index (κ2) is 4.83. The molecule has 1 aliphatic carbocycles. The van der Waals surface area contributed by atoms with E-state index < -0.39 is 5.97 Å². The SMILES string of the molecule is CC1CCC1NC(=O)NCCC(=O)O. The normalized spacial score (nSPS) is 24.9. The van der Waals surface area contributed by atoms with Crippen LogP contribution < -0.4 is 10.6 Å². The lowest BCUT2D eigenvalue weighted by Crippen LogP contribution is -2.49. The van der Waals surface area contributed by atoms with Gasteiger partial charge in [-0.1, -0.05) is 6.92 Å². The van der Waals surface area contributed by atoms with Crippen LogP contribution in [0.2, 0.25) is 0 Å². The second-order valence-corrected chi connectivity index (χ2v) is 3.71. The molecule has 1 saturated carbocycles. The predicted molar refractivity (Wildman–Crippen MR) is 51.0 cm³/mol. The van der Waals surface area contributed by atoms with Crippen LogP contribution in [0.3, 0.4) is 0 Å². The fourth-order valence-electron chi connectivity index (χ4n) is 1.38. The third kappa shape index (κ3) is 3.24. The maximum atomic E-state index is 11.2. The molecule has 2 atom stereocenters. The quantitative estimate of drug-likeness (QED) is 0.620. The van der Waals surface area contributed by atoms with Crippen LogP contribution in [-0.4, -0.2) is 29.7 Å². The van der Waals surface area contributed by atoms with Crippen molar-refractivity contribution in [2.75, 3.05) is 6.54 Å². The van der Waals surface area contributed by atoms with Gasteiger partial charge in [0.05, 0.1) is 6.42 Å². The molecule has 14 heavy (non-hydrogen) atoms. The first-order valence-electron chi connectivity index (χ1n) is 4.85. The molecule has 0 radical (unpaired) electrons. The maximum Gasteiger partial charge on any atom is 0.315 e. The van der Waals surface area contributed by atoms with E-state index in [0.29, 0.717) is 5.92 Å². The highest BCUT2D eigenvalue weighted by molar-refractivity contribution is 5.75. The standard InChI is InChI=1S/C9H16N2O3/c1-6-2-3-7(6)11-9(14)10-5-4-8(12)13/h6-7H,2-5H2,1H3,(H,12,13)(H2,10,11,14). The zero-order valence-corrected chi connectivity index (χ0v) is 8.25. The molecule has 5 nitrogen and oxygen atoms in total. The maximum absolute atomic E-state index is 11.2. The lowest BCUT2D eigenvalue weighted by Gasteiger charge is -2.34. The van der Waals surface area contributed by atoms with Crippen molar-refractivity contribution < 1.29 is 14.7 Å². The Morgan fingerprint density at radius 2 is 2.14 bits per heavy atom. The van der Waals surface area contributed by atoms with E-state index in [2.05, 4.69) is 17.6 Å². The molecule has 3 N–H and O–H groups in total. The van der Waals surface area contributed by atoms with Crippen molar-refractivity contribution in [1.82, 2.24) is 10.6 Å². The average molecular weight is 200 g/mol. The molecule has 0 aromatic carbocycles. The molecule has 0 spiro atoms. The molecule has 2 amide bonds. The molecule has 0 aliphatic heterocycles. The van der Waals surface area contributed by atoms with E-state index in [9.17, 15) is 9.59 Å². The predicted octanol–water partition coefficient (Wildman–Crippen LogP) is 0.559. The monoisotopic (exact) mass is 200 g/mol. The Labute approximate surface area is 82.9 Å². The van der Waals surface area contributed by atoms with Gasteiger partial charge in [0.2, 0.25) is 0 Å². The van der Waals surface area contributed by atoms with Gasteiger partial charge in [0, 0.05) is 12.6 Å². The van der Waals surface area contributed by atoms with Gasteiger partial charge >= 0.3 is 12.0 Å². The molecule has 5 heteroatoms. The molecule has 0 saturated heterocycles. The van der Waals surface area contributed by atoms with Crippen molar-refractivity contribution in [2.24, 2.45) is 5.92 Å². The highest BCUT2D eigenvalue weighted by Crippen LogP contribution is 2.25. The van der Waals surface area contributed by atoms with Gasteiger partial charge in [0.25, 0.3) is 0 Å². The Bertz CT molecular complexity index is 230. The molecular formula is C9H16N2O3. The van der Waals surface area contributed by atoms with E-state index in [0.717, 1.165) is 12.8 Å². The number of rotatable bonds is 4. The fourth-order valence-corrected chi connectivity index (χ4v) is 1.38. The van der Waals surface area contributed by atoms with Crippen molar-refractivity contribution in [1.29, 1.82) is 0 Å². The van der Waals surface area contributed by atoms with Gasteiger partial charge < -0.3 is 15.7 Å². The molecule has 0 bridgehead atoms. The van der Waals surface area contributed by atoms with Gasteiger partial charge in [-0.3, -0.25) is 4.79 Å². The number of carbonyl (C=O) groups excluding carboxylic acids is 1. The third-order valence-corrected chi connectivity index (χ3v) is 2.56. The molecule has 1 rings (SSSR count). The van der Waals surface area contributed by atoms with Crippen LogP contribution >= 0.6 is 0 Å². The van der Waals surface area contributed by atoms with Gasteiger partial charge in [-0.15, -0.1) is 0 Å². The number of carboxylic acid groups (broad SMARTS) is 1. The zero-order chi connectivity index (χ0) is 10.6. The first-order valence-corrected chi connectivity index (χ1v) is 4.85. The van der Waals surface area contributed by atoms with Crippen LogP contribution in [0.4, 0.5) is 4.79 Å². The summed E-state index contributed by atoms with van der Waals surface area (Å²) in [5.74, 6) is -0.359. The number of carbonyl (C=O) groups is 2. The Morgan fingerprint density at radius 1 is 1.43 bits per heavy atom. The Hall–Kier alpha value is -1.26. The highest BCUT2D eigenvalue weighted by atomic mass is 16.4. The summed E-state index contributed by atoms with van der Waals surface area (Å²) in [6, 6.07) is 0.00243. The summed E-state index contributed by atoms with van der Waals surface area (Å²) in [7, 11) is 0. The molecule has 0 aromatic rings. The van der Waals surface area contributed by atoms with Crippen LogP contribution in [0.5, 0.6) is 0 Å². The van der Waals surface area contributed by atoms with Gasteiger partial charge in [-0.2, -0.15) is 0 Å². The summed E-state index contributed by atoms with van der Waals surface area (Å²) < 4.78 is 0. The fraction of sp³-hybridized carbons (Fsp3) is 0.778. The highest BCUT2D eigenvalue weighted by Gasteiger charge is 2.27. The van der Waals surface area contributed by atoms with E-state index in [1.54, 1.807) is 0 Å². The number of carboxylic acids is 1. The summed E-state index contributed by atoms with van der Waals surface area (Å²) >= 11 is 0. The number of hydrogen-bond donors (Lipinski definition) is 3. The summed E-state index contributed by atoms with van der Waals surface area (Å²) in [5.41, 5.74) is 0. The number of aliphatic carboxylic acids is 1. The zero-order valence-electron chi connectivity index (χ0n) is 8.25. The number of urea groups is 1. The molecule has 0 aromatic heterocycles. The van der Waals surface area contributed by atoms with Gasteiger partial charge in [-0.25, -0.2) is 4.79 Å². The van der Waals surface area contributed by atoms with Crippen LogP contribution in [0.1, 0.15) is 26.2 Å². The largest absolute Gasteiger partial charge is 0.481 e. The average Bonchev–Trinajstić information content (AvgIpc) is 2.11. The molecule has 80 valence electrons. The molecule has 1 aliphatic rings. The lowest BCUT2D eigenvalue weighted by molar-refractivity contribution is -0.136. The first kappa shape index (κ1) is 10.8. The van der Waals surface area contributed by atoms with Gasteiger partial charge in [0.1, 0.15) is 0 Å². The molecule has 2 unspecified atom stereocenters. The van der Waals surface area contributed by atoms with Crippen LogP contribution in [0.15, 0.2) is 0 Å². The summed E-state index contributed by atoms with van der Waals surface area (Å²) in [6.45, 7) is 2.27. The van der Waals surface area contributed by atoms with Crippen LogP contribution in [0.25, 0.3) is 0 Å². The number of nitrogens with one attached hydrogen (secondary N) is 2. The summed E-state index contributed by atoms with van der Waals surface area (Å²) in [5, 5.41) is 13.6. The van der Waals surface area contributed by atoms with E-state index in [-0.39, 0.29) is 25.0 Å². The van der Waals surface area contributed by atoms with Crippen LogP contribution in [0, 0.1) is 5.92 Å². The van der Waals surface area contributed by atoms with Crippen molar-refractivity contribution in [2.45, 2.75) is 32.2 Å². The van der Waals surface area contributed by atoms with E-state index in [1.807, 2.05) is 0 Å². The van der Waals surface area contributed by atoms with Crippen LogP contribution in [-0.2, 0) is 4.79 Å². The second-order valence-electron chi connectivity index (χ2n) is 3.71. The minimum absolute atomic E-state index is 0.0341. The Balaban J connectivity index is 2.07. The Kier molecular flexibility index (Phi) is 3.73. The summed E-state index contributed by atoms with van der Waals surface area (Å²) in [6.07, 6.45) is 2.14. The topological polar surface area (TPSA) is 78.4 Å². The number of amides is 2. The molecule has 1 fully saturated rings. The van der Waals surface area contributed by atoms with Crippen molar-refractivity contribution in [3.63, 3.8) is 0 Å². The minimum Gasteiger partial charge on any atom is -0.481 e. The molecular weight excluding hydrogens is 184 g/mol. The summed E-state index contributed by atoms with van der Waals surface area (Å²) in [4.78, 5) is 21.3. The number of hydrogen-bond acceptors (Lipinski definition) is 2. The van der Waals surface area contributed by atoms with E-state index in [4.69, 9.17) is 5.11 Å².